The van der Waals surface area contributed by atoms with Gasteiger partial charge >= 0.3 is 6.03 Å². The first-order valence-electron chi connectivity index (χ1n) is 12.0. The van der Waals surface area contributed by atoms with Crippen molar-refractivity contribution in [2.75, 3.05) is 18.1 Å². The highest BCUT2D eigenvalue weighted by atomic mass is 32.2. The number of carbonyl (C=O) groups is 1. The first-order chi connectivity index (χ1) is 18.7. The van der Waals surface area contributed by atoms with Gasteiger partial charge in [0.2, 0.25) is 9.84 Å². The second kappa shape index (κ2) is 12.4. The maximum Gasteiger partial charge on any atom is 0.319 e. The van der Waals surface area contributed by atoms with Gasteiger partial charge in [-0.2, -0.15) is 5.21 Å². The zero-order chi connectivity index (χ0) is 28.0. The summed E-state index contributed by atoms with van der Waals surface area (Å²) in [5, 5.41) is 27.2. The number of amidine groups is 1. The Bertz CT molecular complexity index is 1570. The molecule has 0 bridgehead atoms. The van der Waals surface area contributed by atoms with Crippen LogP contribution in [0, 0.1) is 12.3 Å². The normalized spacial score (nSPS) is 11.3. The molecule has 2 aromatic heterocycles. The van der Waals surface area contributed by atoms with Crippen molar-refractivity contribution in [2.24, 2.45) is 5.73 Å². The van der Waals surface area contributed by atoms with E-state index in [1.54, 1.807) is 12.3 Å². The summed E-state index contributed by atoms with van der Waals surface area (Å²) < 4.78 is 28.6. The van der Waals surface area contributed by atoms with Crippen molar-refractivity contribution >= 4 is 50.5 Å². The van der Waals surface area contributed by atoms with Crippen molar-refractivity contribution in [1.29, 1.82) is 5.41 Å². The summed E-state index contributed by atoms with van der Waals surface area (Å²) in [5.74, 6) is 0.398. The quantitative estimate of drug-likeness (QED) is 0.0752. The molecule has 204 valence electrons. The molecule has 4 aromatic rings. The van der Waals surface area contributed by atoms with Crippen molar-refractivity contribution < 1.29 is 13.2 Å². The Kier molecular flexibility index (Phi) is 8.99. The fourth-order valence-electron chi connectivity index (χ4n) is 4.01. The number of aromatic amines is 1. The summed E-state index contributed by atoms with van der Waals surface area (Å²) in [6.07, 6.45) is 3.81. The number of nitrogen functional groups attached to an aromatic ring is 1. The molecule has 4 rings (SSSR count). The number of nitrogens with two attached hydrogens (primary N) is 1. The number of tetrazole rings is 1. The van der Waals surface area contributed by atoms with E-state index in [0.717, 1.165) is 28.9 Å². The molecule has 0 fully saturated rings. The van der Waals surface area contributed by atoms with E-state index in [0.29, 0.717) is 39.9 Å². The molecule has 0 aliphatic carbocycles. The van der Waals surface area contributed by atoms with Crippen LogP contribution < -0.4 is 16.4 Å². The van der Waals surface area contributed by atoms with Crippen LogP contribution in [0.4, 0.5) is 10.5 Å². The maximum absolute atomic E-state index is 14.0. The third-order valence-corrected chi connectivity index (χ3v) is 10.3. The Morgan fingerprint density at radius 2 is 1.92 bits per heavy atom. The van der Waals surface area contributed by atoms with Crippen molar-refractivity contribution in [3.8, 4) is 11.1 Å². The second-order valence-electron chi connectivity index (χ2n) is 8.55. The molecule has 0 atom stereocenters. The Labute approximate surface area is 234 Å². The Balaban J connectivity index is 1.68. The van der Waals surface area contributed by atoms with E-state index in [1.807, 2.05) is 37.3 Å². The fourth-order valence-corrected chi connectivity index (χ4v) is 8.02. The molecule has 0 aliphatic rings. The Morgan fingerprint density at radius 3 is 2.59 bits per heavy atom. The summed E-state index contributed by atoms with van der Waals surface area (Å²) in [6, 6.07) is 13.4. The van der Waals surface area contributed by atoms with Gasteiger partial charge in [0.15, 0.2) is 5.82 Å². The molecule has 0 aliphatic heterocycles. The van der Waals surface area contributed by atoms with Crippen LogP contribution in [0.25, 0.3) is 11.1 Å². The predicted molar refractivity (Wildman–Crippen MR) is 153 cm³/mol. The Morgan fingerprint density at radius 1 is 1.15 bits per heavy atom. The van der Waals surface area contributed by atoms with Gasteiger partial charge in [0, 0.05) is 18.5 Å². The van der Waals surface area contributed by atoms with Crippen LogP contribution in [0.2, 0.25) is 0 Å². The molecule has 0 spiro atoms. The molecule has 11 nitrogen and oxygen atoms in total. The van der Waals surface area contributed by atoms with Gasteiger partial charge in [0.1, 0.15) is 5.84 Å². The average Bonchev–Trinajstić information content (AvgIpc) is 3.60. The summed E-state index contributed by atoms with van der Waals surface area (Å²) in [6.45, 7) is 2.24. The van der Waals surface area contributed by atoms with Gasteiger partial charge in [-0.25, -0.2) is 13.2 Å². The number of nitrogens with one attached hydrogen (secondary N) is 4. The smallest absolute Gasteiger partial charge is 0.319 e. The lowest BCUT2D eigenvalue weighted by molar-refractivity contribution is 0.252. The number of anilines is 1. The molecule has 6 N–H and O–H groups in total. The third kappa shape index (κ3) is 6.46. The van der Waals surface area contributed by atoms with Crippen molar-refractivity contribution in [3.05, 3.63) is 64.8 Å². The van der Waals surface area contributed by atoms with E-state index in [-0.39, 0.29) is 21.3 Å². The zero-order valence-corrected chi connectivity index (χ0v) is 23.8. The highest BCUT2D eigenvalue weighted by Crippen LogP contribution is 2.42. The minimum Gasteiger partial charge on any atom is -0.383 e. The molecule has 0 saturated heterocycles. The van der Waals surface area contributed by atoms with Gasteiger partial charge in [0.05, 0.1) is 24.6 Å². The number of sulfone groups is 1. The molecule has 14 heteroatoms. The minimum absolute atomic E-state index is 0.0394. The largest absolute Gasteiger partial charge is 0.383 e. The van der Waals surface area contributed by atoms with Crippen molar-refractivity contribution in [3.63, 3.8) is 0 Å². The number of amides is 2. The molecular weight excluding hydrogens is 557 g/mol. The highest BCUT2D eigenvalue weighted by Gasteiger charge is 2.30. The third-order valence-electron chi connectivity index (χ3n) is 5.87. The predicted octanol–water partition coefficient (Wildman–Crippen LogP) is 4.22. The van der Waals surface area contributed by atoms with E-state index >= 15 is 0 Å². The minimum atomic E-state index is -4.10. The molecule has 2 amide bonds. The van der Waals surface area contributed by atoms with E-state index in [9.17, 15) is 13.2 Å². The number of nitrogens with zero attached hydrogens (tertiary/aromatic N) is 3. The summed E-state index contributed by atoms with van der Waals surface area (Å²) in [7, 11) is -4.10. The zero-order valence-electron chi connectivity index (χ0n) is 21.3. The van der Waals surface area contributed by atoms with E-state index in [4.69, 9.17) is 11.1 Å². The molecular formula is C25H28N8O3S3. The van der Waals surface area contributed by atoms with Crippen molar-refractivity contribution in [1.82, 2.24) is 25.9 Å². The molecule has 2 aromatic carbocycles. The van der Waals surface area contributed by atoms with Crippen LogP contribution in [0.1, 0.15) is 29.1 Å². The van der Waals surface area contributed by atoms with Gasteiger partial charge in [-0.15, -0.1) is 33.3 Å². The number of aryl methyl sites for hydroxylation is 2. The van der Waals surface area contributed by atoms with Crippen LogP contribution in [0.5, 0.6) is 0 Å². The summed E-state index contributed by atoms with van der Waals surface area (Å²) >= 11 is 2.41. The molecule has 0 unspecified atom stereocenters. The van der Waals surface area contributed by atoms with Gasteiger partial charge in [-0.3, -0.25) is 5.41 Å². The maximum atomic E-state index is 14.0. The molecule has 0 radical (unpaired) electrons. The molecule has 2 heterocycles. The number of H-pyrrole nitrogens is 1. The second-order valence-corrected chi connectivity index (χ2v) is 12.6. The number of hydrogen-bond donors (Lipinski definition) is 5. The van der Waals surface area contributed by atoms with Gasteiger partial charge < -0.3 is 16.4 Å². The number of hydrogen-bond acceptors (Lipinski definition) is 9. The Hall–Kier alpha value is -3.75. The van der Waals surface area contributed by atoms with Crippen LogP contribution >= 0.6 is 23.1 Å². The number of unbranched alkanes of at least 4 members (excludes halogenated alkanes) is 1. The standard InChI is InChI=1S/C25H28N8O3S3/c1-15-11-12-18(39(35,36)19-14-17(23(26)27)38-24(19)37-2)22(21(15)16-8-4-3-5-9-16)29-25(34)28-13-7-6-10-20-30-32-33-31-20/h3-5,8-9,11-12,14H,6-7,10,13H2,1-2H3,(H3,26,27)(H2,28,29,34)(H,30,31,32,33). The lowest BCUT2D eigenvalue weighted by atomic mass is 9.98. The van der Waals surface area contributed by atoms with E-state index < -0.39 is 15.9 Å². The first-order valence-corrected chi connectivity index (χ1v) is 15.5. The lowest BCUT2D eigenvalue weighted by Crippen LogP contribution is -2.30. The number of thioether (sulfide) groups is 1. The van der Waals surface area contributed by atoms with Crippen molar-refractivity contribution in [2.45, 2.75) is 40.2 Å². The number of aromatic nitrogens is 4. The monoisotopic (exact) mass is 584 g/mol. The first kappa shape index (κ1) is 28.3. The fraction of sp³-hybridized carbons (Fsp3) is 0.240. The van der Waals surface area contributed by atoms with Crippen LogP contribution in [-0.2, 0) is 16.3 Å². The van der Waals surface area contributed by atoms with Crippen LogP contribution in [0.15, 0.2) is 62.5 Å². The van der Waals surface area contributed by atoms with Gasteiger partial charge in [0.25, 0.3) is 0 Å². The highest BCUT2D eigenvalue weighted by molar-refractivity contribution is 8.01. The topological polar surface area (TPSA) is 180 Å². The summed E-state index contributed by atoms with van der Waals surface area (Å²) in [5.41, 5.74) is 8.02. The van der Waals surface area contributed by atoms with E-state index in [1.165, 1.54) is 23.9 Å². The van der Waals surface area contributed by atoms with Crippen LogP contribution in [-0.4, -0.2) is 53.7 Å². The summed E-state index contributed by atoms with van der Waals surface area (Å²) in [4.78, 5) is 13.4. The number of benzene rings is 2. The lowest BCUT2D eigenvalue weighted by Gasteiger charge is -2.19. The SMILES string of the molecule is CSc1sc(C(=N)N)cc1S(=O)(=O)c1ccc(C)c(-c2ccccc2)c1NC(=O)NCCCCc1nn[nH]n1. The average molecular weight is 585 g/mol. The van der Waals surface area contributed by atoms with Crippen LogP contribution in [0.3, 0.4) is 0 Å². The number of urea groups is 1. The molecule has 39 heavy (non-hydrogen) atoms. The van der Waals surface area contributed by atoms with Gasteiger partial charge in [-0.1, -0.05) is 41.6 Å². The van der Waals surface area contributed by atoms with Gasteiger partial charge in [-0.05, 0) is 49.3 Å². The number of carbonyl (C=O) groups excluding carboxylic acids is 1. The number of thiophene rings is 1. The molecule has 0 saturated carbocycles. The van der Waals surface area contributed by atoms with E-state index in [2.05, 4.69) is 31.3 Å². The number of rotatable bonds is 11.